The van der Waals surface area contributed by atoms with Crippen LogP contribution in [0.2, 0.25) is 0 Å². The van der Waals surface area contributed by atoms with Crippen molar-refractivity contribution in [3.05, 3.63) is 47.3 Å². The largest absolute Gasteiger partial charge is 0.496 e. The lowest BCUT2D eigenvalue weighted by Crippen LogP contribution is -2.44. The Hall–Kier alpha value is -2.67. The number of aliphatic hydroxyl groups excluding tert-OH is 1. The van der Waals surface area contributed by atoms with Crippen LogP contribution in [0.3, 0.4) is 0 Å². The average Bonchev–Trinajstić information content (AvgIpc) is 3.03. The summed E-state index contributed by atoms with van der Waals surface area (Å²) in [4.78, 5) is 14.1. The molecule has 2 aromatic rings. The number of β-amino-alcohol motifs (C(OH)–C–C–N with tert-alkyl or cyclic N) is 1. The first-order valence-corrected chi connectivity index (χ1v) is 8.09. The van der Waals surface area contributed by atoms with Crippen molar-refractivity contribution in [2.45, 2.75) is 19.2 Å². The van der Waals surface area contributed by atoms with Crippen molar-refractivity contribution in [1.29, 1.82) is 0 Å². The van der Waals surface area contributed by atoms with E-state index >= 15 is 0 Å². The van der Waals surface area contributed by atoms with E-state index in [1.807, 2.05) is 30.1 Å². The van der Waals surface area contributed by atoms with Crippen LogP contribution in [0.4, 0.5) is 4.79 Å². The Morgan fingerprint density at radius 3 is 2.64 bits per heavy atom. The van der Waals surface area contributed by atoms with Crippen molar-refractivity contribution in [2.24, 2.45) is 7.05 Å². The van der Waals surface area contributed by atoms with Gasteiger partial charge >= 0.3 is 6.03 Å². The van der Waals surface area contributed by atoms with Crippen molar-refractivity contribution in [2.75, 3.05) is 20.8 Å². The van der Waals surface area contributed by atoms with Crippen LogP contribution in [-0.4, -0.2) is 41.4 Å². The zero-order valence-corrected chi connectivity index (χ0v) is 14.7. The van der Waals surface area contributed by atoms with Gasteiger partial charge in [0.1, 0.15) is 17.6 Å². The normalized spacial score (nSPS) is 16.3. The number of aryl methyl sites for hydroxylation is 1. The molecular weight excluding hydrogens is 322 g/mol. The molecule has 2 N–H and O–H groups in total. The first kappa shape index (κ1) is 17.2. The predicted octanol–water partition coefficient (Wildman–Crippen LogP) is 1.80. The minimum absolute atomic E-state index is 0.206. The molecule has 2 amide bonds. The van der Waals surface area contributed by atoms with E-state index in [1.54, 1.807) is 31.3 Å². The van der Waals surface area contributed by atoms with E-state index in [-0.39, 0.29) is 12.6 Å². The highest BCUT2D eigenvalue weighted by Crippen LogP contribution is 2.39. The van der Waals surface area contributed by atoms with Crippen molar-refractivity contribution in [1.82, 2.24) is 14.8 Å². The molecule has 25 heavy (non-hydrogen) atoms. The number of urea groups is 1. The van der Waals surface area contributed by atoms with Gasteiger partial charge in [-0.2, -0.15) is 0 Å². The fourth-order valence-corrected chi connectivity index (χ4v) is 3.19. The number of hydrogen-bond donors (Lipinski definition) is 2. The van der Waals surface area contributed by atoms with Crippen LogP contribution in [0.1, 0.15) is 22.8 Å². The Labute approximate surface area is 146 Å². The molecule has 0 saturated heterocycles. The van der Waals surface area contributed by atoms with E-state index in [9.17, 15) is 9.90 Å². The molecule has 1 aliphatic heterocycles. The second-order valence-corrected chi connectivity index (χ2v) is 6.10. The van der Waals surface area contributed by atoms with Crippen LogP contribution in [0, 0.1) is 0 Å². The second-order valence-electron chi connectivity index (χ2n) is 6.10. The lowest BCUT2D eigenvalue weighted by Gasteiger charge is -2.34. The summed E-state index contributed by atoms with van der Waals surface area (Å²) in [6.45, 7) is 0.999. The van der Waals surface area contributed by atoms with Gasteiger partial charge in [-0.15, -0.1) is 0 Å². The standard InChI is InChI=1S/C18H23N3O4/c1-20-7-6-12(9-20)8-19-18(23)21-10-13-15(24-2)4-5-16(25-3)17(13)14(22)11-21/h4-7,9,14,22H,8,10-11H2,1-3H3,(H,19,23). The van der Waals surface area contributed by atoms with Gasteiger partial charge < -0.3 is 29.4 Å². The number of aromatic nitrogens is 1. The van der Waals surface area contributed by atoms with Gasteiger partial charge in [0.2, 0.25) is 0 Å². The molecule has 0 spiro atoms. The Bertz CT molecular complexity index is 772. The molecule has 1 aliphatic rings. The zero-order valence-electron chi connectivity index (χ0n) is 14.7. The number of fused-ring (bicyclic) bond motifs is 1. The lowest BCUT2D eigenvalue weighted by molar-refractivity contribution is 0.100. The molecule has 1 aromatic heterocycles. The number of nitrogens with one attached hydrogen (secondary N) is 1. The zero-order chi connectivity index (χ0) is 18.0. The number of carbonyl (C=O) groups is 1. The molecule has 134 valence electrons. The summed E-state index contributed by atoms with van der Waals surface area (Å²) in [5.74, 6) is 1.24. The fraction of sp³-hybridized carbons (Fsp3) is 0.389. The second kappa shape index (κ2) is 7.06. The smallest absolute Gasteiger partial charge is 0.318 e. The summed E-state index contributed by atoms with van der Waals surface area (Å²) >= 11 is 0. The van der Waals surface area contributed by atoms with Crippen LogP contribution in [0.15, 0.2) is 30.6 Å². The highest BCUT2D eigenvalue weighted by atomic mass is 16.5. The number of benzene rings is 1. The van der Waals surface area contributed by atoms with Gasteiger partial charge in [0, 0.05) is 37.1 Å². The number of hydrogen-bond acceptors (Lipinski definition) is 4. The average molecular weight is 345 g/mol. The highest BCUT2D eigenvalue weighted by molar-refractivity contribution is 5.75. The molecule has 3 rings (SSSR count). The van der Waals surface area contributed by atoms with Crippen LogP contribution < -0.4 is 14.8 Å². The summed E-state index contributed by atoms with van der Waals surface area (Å²) in [7, 11) is 5.07. The molecule has 0 bridgehead atoms. The molecule has 0 saturated carbocycles. The number of aliphatic hydroxyl groups is 1. The number of ether oxygens (including phenoxy) is 2. The van der Waals surface area contributed by atoms with Crippen molar-refractivity contribution in [3.63, 3.8) is 0 Å². The van der Waals surface area contributed by atoms with Gasteiger partial charge in [-0.3, -0.25) is 0 Å². The number of amides is 2. The van der Waals surface area contributed by atoms with E-state index in [0.717, 1.165) is 11.1 Å². The highest BCUT2D eigenvalue weighted by Gasteiger charge is 2.31. The van der Waals surface area contributed by atoms with E-state index in [1.165, 1.54) is 0 Å². The number of carbonyl (C=O) groups excluding carboxylic acids is 1. The van der Waals surface area contributed by atoms with E-state index < -0.39 is 6.10 Å². The third-order valence-corrected chi connectivity index (χ3v) is 4.41. The van der Waals surface area contributed by atoms with Gasteiger partial charge in [0.15, 0.2) is 0 Å². The minimum Gasteiger partial charge on any atom is -0.496 e. The molecule has 1 atom stereocenters. The van der Waals surface area contributed by atoms with E-state index in [0.29, 0.717) is 30.2 Å². The summed E-state index contributed by atoms with van der Waals surface area (Å²) in [5.41, 5.74) is 2.48. The summed E-state index contributed by atoms with van der Waals surface area (Å²) < 4.78 is 12.7. The SMILES string of the molecule is COc1ccc(OC)c2c1CN(C(=O)NCc1ccn(C)c1)CC2O. The monoisotopic (exact) mass is 345 g/mol. The van der Waals surface area contributed by atoms with Gasteiger partial charge in [-0.25, -0.2) is 4.79 Å². The van der Waals surface area contributed by atoms with E-state index in [2.05, 4.69) is 5.32 Å². The van der Waals surface area contributed by atoms with Gasteiger partial charge in [0.05, 0.1) is 27.3 Å². The van der Waals surface area contributed by atoms with Crippen LogP contribution in [0.5, 0.6) is 11.5 Å². The predicted molar refractivity (Wildman–Crippen MR) is 92.6 cm³/mol. The Morgan fingerprint density at radius 1 is 1.28 bits per heavy atom. The van der Waals surface area contributed by atoms with Crippen molar-refractivity contribution in [3.8, 4) is 11.5 Å². The molecule has 1 aromatic carbocycles. The molecule has 1 unspecified atom stereocenters. The molecule has 0 radical (unpaired) electrons. The molecule has 2 heterocycles. The Morgan fingerprint density at radius 2 is 2.00 bits per heavy atom. The number of methoxy groups -OCH3 is 2. The van der Waals surface area contributed by atoms with Crippen LogP contribution in [-0.2, 0) is 20.1 Å². The van der Waals surface area contributed by atoms with E-state index in [4.69, 9.17) is 9.47 Å². The Balaban J connectivity index is 1.77. The lowest BCUT2D eigenvalue weighted by atomic mass is 9.95. The maximum absolute atomic E-state index is 12.5. The van der Waals surface area contributed by atoms with Crippen molar-refractivity contribution < 1.29 is 19.4 Å². The maximum atomic E-state index is 12.5. The van der Waals surface area contributed by atoms with Gasteiger partial charge in [0.25, 0.3) is 0 Å². The third kappa shape index (κ3) is 3.41. The maximum Gasteiger partial charge on any atom is 0.318 e. The third-order valence-electron chi connectivity index (χ3n) is 4.41. The summed E-state index contributed by atoms with van der Waals surface area (Å²) in [6, 6.07) is 5.29. The molecule has 0 fully saturated rings. The minimum atomic E-state index is -0.823. The molecule has 0 aliphatic carbocycles. The van der Waals surface area contributed by atoms with Crippen molar-refractivity contribution >= 4 is 6.03 Å². The first-order valence-electron chi connectivity index (χ1n) is 8.09. The Kier molecular flexibility index (Phi) is 4.85. The summed E-state index contributed by atoms with van der Waals surface area (Å²) in [5, 5.41) is 13.4. The summed E-state index contributed by atoms with van der Waals surface area (Å²) in [6.07, 6.45) is 3.06. The molecular formula is C18H23N3O4. The van der Waals surface area contributed by atoms with Gasteiger partial charge in [-0.1, -0.05) is 0 Å². The molecule has 7 nitrogen and oxygen atoms in total. The molecule has 7 heteroatoms. The van der Waals surface area contributed by atoms with Crippen LogP contribution in [0.25, 0.3) is 0 Å². The number of nitrogens with zero attached hydrogens (tertiary/aromatic N) is 2. The first-order chi connectivity index (χ1) is 12.0. The van der Waals surface area contributed by atoms with Crippen LogP contribution >= 0.6 is 0 Å². The fourth-order valence-electron chi connectivity index (χ4n) is 3.19. The number of rotatable bonds is 4. The quantitative estimate of drug-likeness (QED) is 0.886. The van der Waals surface area contributed by atoms with Gasteiger partial charge in [-0.05, 0) is 23.8 Å². The topological polar surface area (TPSA) is 76.0 Å².